The summed E-state index contributed by atoms with van der Waals surface area (Å²) in [5.74, 6) is 1.27. The number of hydrogen-bond donors (Lipinski definition) is 1. The largest absolute Gasteiger partial charge is 0.396 e. The molecular weight excluding hydrogens is 191 g/mol. The highest BCUT2D eigenvalue weighted by Crippen LogP contribution is 2.55. The summed E-state index contributed by atoms with van der Waals surface area (Å²) in [5, 5.41) is 9.22. The van der Waals surface area contributed by atoms with Gasteiger partial charge in [0.25, 0.3) is 0 Å². The van der Waals surface area contributed by atoms with Gasteiger partial charge in [-0.25, -0.2) is 4.39 Å². The van der Waals surface area contributed by atoms with E-state index in [0.29, 0.717) is 17.8 Å². The van der Waals surface area contributed by atoms with E-state index in [0.717, 1.165) is 12.8 Å². The Bertz CT molecular complexity index is 320. The van der Waals surface area contributed by atoms with Crippen molar-refractivity contribution in [2.45, 2.75) is 25.7 Å². The van der Waals surface area contributed by atoms with E-state index in [4.69, 9.17) is 0 Å². The first kappa shape index (κ1) is 10.6. The number of halogens is 1. The highest BCUT2D eigenvalue weighted by atomic mass is 19.1. The zero-order valence-electron chi connectivity index (χ0n) is 8.99. The van der Waals surface area contributed by atoms with Gasteiger partial charge in [0.1, 0.15) is 5.82 Å². The van der Waals surface area contributed by atoms with Gasteiger partial charge in [-0.05, 0) is 41.9 Å². The summed E-state index contributed by atoms with van der Waals surface area (Å²) in [6.07, 6.45) is 2.31. The van der Waals surface area contributed by atoms with Gasteiger partial charge < -0.3 is 5.11 Å². The number of benzene rings is 1. The minimum absolute atomic E-state index is 0.188. The topological polar surface area (TPSA) is 20.2 Å². The summed E-state index contributed by atoms with van der Waals surface area (Å²) in [6.45, 7) is 2.42. The minimum atomic E-state index is -0.188. The fraction of sp³-hybridized carbons (Fsp3) is 0.538. The van der Waals surface area contributed by atoms with E-state index in [1.807, 2.05) is 12.1 Å². The molecule has 2 rings (SSSR count). The molecule has 1 aliphatic rings. The van der Waals surface area contributed by atoms with Crippen LogP contribution in [-0.4, -0.2) is 11.7 Å². The summed E-state index contributed by atoms with van der Waals surface area (Å²) >= 11 is 0. The Morgan fingerprint density at radius 2 is 1.87 bits per heavy atom. The van der Waals surface area contributed by atoms with E-state index in [1.165, 1.54) is 17.7 Å². The highest BCUT2D eigenvalue weighted by molar-refractivity contribution is 5.28. The van der Waals surface area contributed by atoms with Crippen LogP contribution < -0.4 is 0 Å². The van der Waals surface area contributed by atoms with E-state index < -0.39 is 0 Å². The second kappa shape index (κ2) is 4.31. The molecule has 1 aromatic rings. The lowest BCUT2D eigenvalue weighted by atomic mass is 10.1. The number of hydrogen-bond acceptors (Lipinski definition) is 1. The molecule has 0 bridgehead atoms. The molecule has 0 saturated heterocycles. The van der Waals surface area contributed by atoms with Crippen molar-refractivity contribution < 1.29 is 9.50 Å². The summed E-state index contributed by atoms with van der Waals surface area (Å²) in [4.78, 5) is 0. The van der Waals surface area contributed by atoms with Crippen molar-refractivity contribution in [2.24, 2.45) is 11.8 Å². The SMILES string of the molecule is CCC[C@@H]1[C@@H](CO)[C@H]1c1ccc(F)cc1. The fourth-order valence-electron chi connectivity index (χ4n) is 2.60. The summed E-state index contributed by atoms with van der Waals surface area (Å²) in [7, 11) is 0. The van der Waals surface area contributed by atoms with Crippen molar-refractivity contribution in [1.82, 2.24) is 0 Å². The molecule has 0 heterocycles. The molecule has 1 saturated carbocycles. The van der Waals surface area contributed by atoms with Gasteiger partial charge in [0, 0.05) is 6.61 Å². The second-order valence-electron chi connectivity index (χ2n) is 4.38. The number of aliphatic hydroxyl groups excluding tert-OH is 1. The highest BCUT2D eigenvalue weighted by Gasteiger charge is 2.49. The maximum Gasteiger partial charge on any atom is 0.123 e. The van der Waals surface area contributed by atoms with Crippen molar-refractivity contribution >= 4 is 0 Å². The van der Waals surface area contributed by atoms with Gasteiger partial charge in [0.15, 0.2) is 0 Å². The normalized spacial score (nSPS) is 29.1. The Kier molecular flexibility index (Phi) is 3.06. The van der Waals surface area contributed by atoms with E-state index >= 15 is 0 Å². The lowest BCUT2D eigenvalue weighted by Crippen LogP contribution is -1.89. The predicted octanol–water partition coefficient (Wildman–Crippen LogP) is 2.95. The van der Waals surface area contributed by atoms with Crippen LogP contribution in [0.1, 0.15) is 31.2 Å². The molecule has 1 aliphatic carbocycles. The van der Waals surface area contributed by atoms with Gasteiger partial charge in [-0.3, -0.25) is 0 Å². The molecule has 0 aliphatic heterocycles. The van der Waals surface area contributed by atoms with Crippen LogP contribution in [0.25, 0.3) is 0 Å². The Morgan fingerprint density at radius 3 is 2.40 bits per heavy atom. The van der Waals surface area contributed by atoms with E-state index in [2.05, 4.69) is 6.92 Å². The van der Waals surface area contributed by atoms with Crippen LogP contribution >= 0.6 is 0 Å². The Morgan fingerprint density at radius 1 is 1.20 bits per heavy atom. The zero-order valence-corrected chi connectivity index (χ0v) is 8.99. The maximum atomic E-state index is 12.7. The molecule has 0 spiro atoms. The van der Waals surface area contributed by atoms with E-state index in [9.17, 15) is 9.50 Å². The monoisotopic (exact) mass is 208 g/mol. The molecule has 1 nitrogen and oxygen atoms in total. The number of aliphatic hydroxyl groups is 1. The molecule has 0 aromatic heterocycles. The van der Waals surface area contributed by atoms with Crippen molar-refractivity contribution in [3.63, 3.8) is 0 Å². The molecule has 82 valence electrons. The first-order valence-electron chi connectivity index (χ1n) is 5.64. The van der Waals surface area contributed by atoms with Crippen LogP contribution in [-0.2, 0) is 0 Å². The van der Waals surface area contributed by atoms with Gasteiger partial charge >= 0.3 is 0 Å². The Labute approximate surface area is 89.9 Å². The van der Waals surface area contributed by atoms with Gasteiger partial charge in [-0.1, -0.05) is 25.5 Å². The standard InChI is InChI=1S/C13H17FO/c1-2-3-11-12(8-15)13(11)9-4-6-10(14)7-5-9/h4-7,11-13,15H,2-3,8H2,1H3/t11-,12-,13+/m1/s1. The Hall–Kier alpha value is -0.890. The fourth-order valence-corrected chi connectivity index (χ4v) is 2.60. The van der Waals surface area contributed by atoms with E-state index in [1.54, 1.807) is 0 Å². The minimum Gasteiger partial charge on any atom is -0.396 e. The first-order valence-corrected chi connectivity index (χ1v) is 5.64. The lowest BCUT2D eigenvalue weighted by Gasteiger charge is -1.99. The second-order valence-corrected chi connectivity index (χ2v) is 4.38. The van der Waals surface area contributed by atoms with Crippen molar-refractivity contribution in [3.05, 3.63) is 35.6 Å². The molecule has 2 heteroatoms. The van der Waals surface area contributed by atoms with Crippen molar-refractivity contribution in [2.75, 3.05) is 6.61 Å². The van der Waals surface area contributed by atoms with Crippen LogP contribution in [0.15, 0.2) is 24.3 Å². The third kappa shape index (κ3) is 2.05. The summed E-state index contributed by atoms with van der Waals surface area (Å²) in [6, 6.07) is 6.70. The molecule has 3 atom stereocenters. The molecule has 1 aromatic carbocycles. The average Bonchev–Trinajstić information content (AvgIpc) is 2.93. The molecule has 1 N–H and O–H groups in total. The molecular formula is C13H17FO. The molecule has 0 radical (unpaired) electrons. The molecule has 0 amide bonds. The molecule has 1 fully saturated rings. The number of rotatable bonds is 4. The average molecular weight is 208 g/mol. The molecule has 15 heavy (non-hydrogen) atoms. The zero-order chi connectivity index (χ0) is 10.8. The smallest absolute Gasteiger partial charge is 0.123 e. The van der Waals surface area contributed by atoms with Gasteiger partial charge in [-0.15, -0.1) is 0 Å². The van der Waals surface area contributed by atoms with Gasteiger partial charge in [0.2, 0.25) is 0 Å². The van der Waals surface area contributed by atoms with Gasteiger partial charge in [0.05, 0.1) is 0 Å². The third-order valence-corrected chi connectivity index (χ3v) is 3.42. The first-order chi connectivity index (χ1) is 7.27. The Balaban J connectivity index is 2.08. The van der Waals surface area contributed by atoms with Crippen molar-refractivity contribution in [1.29, 1.82) is 0 Å². The van der Waals surface area contributed by atoms with Gasteiger partial charge in [-0.2, -0.15) is 0 Å². The van der Waals surface area contributed by atoms with E-state index in [-0.39, 0.29) is 12.4 Å². The van der Waals surface area contributed by atoms with Crippen molar-refractivity contribution in [3.8, 4) is 0 Å². The predicted molar refractivity (Wildman–Crippen MR) is 58.1 cm³/mol. The van der Waals surface area contributed by atoms with Crippen LogP contribution in [0, 0.1) is 17.7 Å². The quantitative estimate of drug-likeness (QED) is 0.806. The van der Waals surface area contributed by atoms with Crippen LogP contribution in [0.3, 0.4) is 0 Å². The third-order valence-electron chi connectivity index (χ3n) is 3.42. The summed E-state index contributed by atoms with van der Waals surface area (Å²) in [5.41, 5.74) is 1.17. The molecule has 0 unspecified atom stereocenters. The van der Waals surface area contributed by atoms with Crippen LogP contribution in [0.2, 0.25) is 0 Å². The lowest BCUT2D eigenvalue weighted by molar-refractivity contribution is 0.265. The summed E-state index contributed by atoms with van der Waals surface area (Å²) < 4.78 is 12.7. The van der Waals surface area contributed by atoms with Crippen LogP contribution in [0.5, 0.6) is 0 Å². The van der Waals surface area contributed by atoms with Crippen LogP contribution in [0.4, 0.5) is 4.39 Å². The maximum absolute atomic E-state index is 12.7.